The predicted octanol–water partition coefficient (Wildman–Crippen LogP) is 11.7. The highest BCUT2D eigenvalue weighted by atomic mass is 16.3. The molecule has 0 amide bonds. The molecule has 0 saturated carbocycles. The Balaban J connectivity index is 2.58. The van der Waals surface area contributed by atoms with E-state index >= 15 is 0 Å². The largest absolute Gasteiger partial charge is 0.389 e. The second kappa shape index (κ2) is 19.1. The number of hydrogen-bond acceptors (Lipinski definition) is 1. The Hall–Kier alpha value is -3.16. The van der Waals surface area contributed by atoms with E-state index in [1.54, 1.807) is 0 Å². The molecule has 0 radical (unpaired) electrons. The first kappa shape index (κ1) is 35.9. The van der Waals surface area contributed by atoms with Crippen molar-refractivity contribution in [2.75, 3.05) is 0 Å². The number of hydrogen-bond donors (Lipinski definition) is 1. The molecule has 0 spiro atoms. The van der Waals surface area contributed by atoms with Crippen molar-refractivity contribution in [2.45, 2.75) is 101 Å². The molecule has 0 fully saturated rings. The third kappa shape index (κ3) is 16.0. The molecule has 1 atom stereocenters. The van der Waals surface area contributed by atoms with Crippen LogP contribution >= 0.6 is 0 Å². The van der Waals surface area contributed by atoms with Crippen LogP contribution in [-0.4, -0.2) is 11.2 Å². The summed E-state index contributed by atoms with van der Waals surface area (Å²) in [4.78, 5) is 0. The zero-order chi connectivity index (χ0) is 30.8. The van der Waals surface area contributed by atoms with Gasteiger partial charge in [0.25, 0.3) is 0 Å². The van der Waals surface area contributed by atoms with E-state index in [1.165, 1.54) is 58.3 Å². The molecule has 1 N–H and O–H groups in total. The van der Waals surface area contributed by atoms with E-state index in [4.69, 9.17) is 0 Å². The van der Waals surface area contributed by atoms with Crippen LogP contribution in [0.5, 0.6) is 0 Å². The van der Waals surface area contributed by atoms with Gasteiger partial charge in [0.05, 0.1) is 6.10 Å². The molecular weight excluding hydrogens is 496 g/mol. The first-order valence-corrected chi connectivity index (χ1v) is 15.1. The maximum absolute atomic E-state index is 9.86. The Kier molecular flexibility index (Phi) is 16.7. The van der Waals surface area contributed by atoms with Crippen molar-refractivity contribution in [1.29, 1.82) is 0 Å². The van der Waals surface area contributed by atoms with E-state index in [-0.39, 0.29) is 5.41 Å². The third-order valence-electron chi connectivity index (χ3n) is 7.44. The number of aliphatic hydroxyl groups is 1. The van der Waals surface area contributed by atoms with Crippen molar-refractivity contribution in [3.05, 3.63) is 142 Å². The molecule has 0 saturated heterocycles. The quantitative estimate of drug-likeness (QED) is 0.168. The van der Waals surface area contributed by atoms with Crippen molar-refractivity contribution in [3.8, 4) is 0 Å². The van der Waals surface area contributed by atoms with Crippen molar-refractivity contribution >= 4 is 0 Å². The molecule has 41 heavy (non-hydrogen) atoms. The SMILES string of the molecule is C=C(C)C(O)CC/C(C)=C/C=C/C(C)=C/C=C/C(C)=C/C=C/C=C(C)/C=C/C=C(C)/C=C/C1=C(C)CCCC1(C)C. The Morgan fingerprint density at radius 2 is 1.22 bits per heavy atom. The van der Waals surface area contributed by atoms with Gasteiger partial charge < -0.3 is 5.11 Å². The molecule has 0 heterocycles. The molecule has 1 nitrogen and oxygen atoms in total. The second-order valence-corrected chi connectivity index (χ2v) is 12.3. The first-order valence-electron chi connectivity index (χ1n) is 15.1. The zero-order valence-electron chi connectivity index (χ0n) is 27.4. The lowest BCUT2D eigenvalue weighted by Gasteiger charge is -2.32. The summed E-state index contributed by atoms with van der Waals surface area (Å²) >= 11 is 0. The Labute approximate surface area is 252 Å². The van der Waals surface area contributed by atoms with Gasteiger partial charge in [-0.15, -0.1) is 0 Å². The predicted molar refractivity (Wildman–Crippen MR) is 185 cm³/mol. The Morgan fingerprint density at radius 3 is 1.71 bits per heavy atom. The summed E-state index contributed by atoms with van der Waals surface area (Å²) in [6.45, 7) is 23.3. The number of rotatable bonds is 14. The van der Waals surface area contributed by atoms with Crippen LogP contribution in [0.3, 0.4) is 0 Å². The molecular formula is C40H56O. The fourth-order valence-corrected chi connectivity index (χ4v) is 4.62. The summed E-state index contributed by atoms with van der Waals surface area (Å²) < 4.78 is 0. The highest BCUT2D eigenvalue weighted by Crippen LogP contribution is 2.40. The van der Waals surface area contributed by atoms with Crippen molar-refractivity contribution in [3.63, 3.8) is 0 Å². The highest BCUT2D eigenvalue weighted by molar-refractivity contribution is 5.37. The van der Waals surface area contributed by atoms with Gasteiger partial charge in [-0.3, -0.25) is 0 Å². The van der Waals surface area contributed by atoms with Crippen LogP contribution < -0.4 is 0 Å². The lowest BCUT2D eigenvalue weighted by Crippen LogP contribution is -2.19. The van der Waals surface area contributed by atoms with E-state index in [0.29, 0.717) is 0 Å². The normalized spacial score (nSPS) is 19.2. The topological polar surface area (TPSA) is 20.2 Å². The average molecular weight is 553 g/mol. The van der Waals surface area contributed by atoms with Gasteiger partial charge in [-0.25, -0.2) is 0 Å². The summed E-state index contributed by atoms with van der Waals surface area (Å²) in [6.07, 6.45) is 37.0. The van der Waals surface area contributed by atoms with Gasteiger partial charge in [0.15, 0.2) is 0 Å². The lowest BCUT2D eigenvalue weighted by atomic mass is 9.72. The van der Waals surface area contributed by atoms with E-state index in [1.807, 2.05) is 6.92 Å². The lowest BCUT2D eigenvalue weighted by molar-refractivity contribution is 0.201. The molecule has 222 valence electrons. The van der Waals surface area contributed by atoms with Crippen LogP contribution in [0.4, 0.5) is 0 Å². The molecule has 0 aromatic carbocycles. The fourth-order valence-electron chi connectivity index (χ4n) is 4.62. The molecule has 0 bridgehead atoms. The van der Waals surface area contributed by atoms with Gasteiger partial charge in [0.1, 0.15) is 0 Å². The minimum absolute atomic E-state index is 0.282. The standard InChI is InChI=1S/C40H56O/c1-31(2)39(41)29-27-36(7)24-15-22-34(5)21-13-19-32(3)17-11-12-18-33(4)20-14-23-35(6)26-28-38-37(8)25-16-30-40(38,9)10/h11-15,17-24,26,28,39,41H,1,16,25,27,29-30H2,2-10H3/b12-11+,19-13+,20-14+,22-15+,28-26+,32-17+,33-18+,34-21+,35-23+,36-24+. The molecule has 0 aromatic rings. The zero-order valence-corrected chi connectivity index (χ0v) is 27.4. The Morgan fingerprint density at radius 1 is 0.756 bits per heavy atom. The summed E-state index contributed by atoms with van der Waals surface area (Å²) in [6, 6.07) is 0. The molecule has 1 heteroatoms. The van der Waals surface area contributed by atoms with Crippen LogP contribution in [-0.2, 0) is 0 Å². The van der Waals surface area contributed by atoms with E-state index in [0.717, 1.165) is 18.4 Å². The number of allylic oxidation sites excluding steroid dienone is 22. The molecule has 1 aliphatic rings. The third-order valence-corrected chi connectivity index (χ3v) is 7.44. The van der Waals surface area contributed by atoms with Crippen LogP contribution in [0.2, 0.25) is 0 Å². The van der Waals surface area contributed by atoms with Crippen LogP contribution in [0, 0.1) is 5.41 Å². The van der Waals surface area contributed by atoms with Gasteiger partial charge in [0.2, 0.25) is 0 Å². The summed E-state index contributed by atoms with van der Waals surface area (Å²) in [5.41, 5.74) is 10.3. The van der Waals surface area contributed by atoms with Crippen molar-refractivity contribution < 1.29 is 5.11 Å². The first-order chi connectivity index (χ1) is 19.3. The minimum atomic E-state index is -0.414. The minimum Gasteiger partial charge on any atom is -0.389 e. The Bertz CT molecular complexity index is 1210. The van der Waals surface area contributed by atoms with E-state index in [2.05, 4.69) is 153 Å². The van der Waals surface area contributed by atoms with Gasteiger partial charge >= 0.3 is 0 Å². The van der Waals surface area contributed by atoms with Crippen LogP contribution in [0.25, 0.3) is 0 Å². The van der Waals surface area contributed by atoms with Gasteiger partial charge in [-0.05, 0) is 91.6 Å². The monoisotopic (exact) mass is 552 g/mol. The molecule has 1 aliphatic carbocycles. The van der Waals surface area contributed by atoms with Crippen molar-refractivity contribution in [1.82, 2.24) is 0 Å². The van der Waals surface area contributed by atoms with Gasteiger partial charge in [-0.2, -0.15) is 0 Å². The summed E-state index contributed by atoms with van der Waals surface area (Å²) in [5.74, 6) is 0. The summed E-state index contributed by atoms with van der Waals surface area (Å²) in [5, 5.41) is 9.86. The van der Waals surface area contributed by atoms with E-state index in [9.17, 15) is 5.11 Å². The molecule has 1 unspecified atom stereocenters. The van der Waals surface area contributed by atoms with Crippen molar-refractivity contribution in [2.24, 2.45) is 5.41 Å². The second-order valence-electron chi connectivity index (χ2n) is 12.3. The van der Waals surface area contributed by atoms with Gasteiger partial charge in [-0.1, -0.05) is 151 Å². The maximum Gasteiger partial charge on any atom is 0.0747 e. The fraction of sp³-hybridized carbons (Fsp3) is 0.400. The maximum atomic E-state index is 9.86. The number of aliphatic hydroxyl groups excluding tert-OH is 1. The van der Waals surface area contributed by atoms with E-state index < -0.39 is 6.10 Å². The molecule has 1 rings (SSSR count). The van der Waals surface area contributed by atoms with Gasteiger partial charge in [0, 0.05) is 0 Å². The van der Waals surface area contributed by atoms with Crippen LogP contribution in [0.1, 0.15) is 94.4 Å². The summed E-state index contributed by atoms with van der Waals surface area (Å²) in [7, 11) is 0. The smallest absolute Gasteiger partial charge is 0.0747 e. The molecule has 0 aliphatic heterocycles. The molecule has 0 aromatic heterocycles. The highest BCUT2D eigenvalue weighted by Gasteiger charge is 2.26. The average Bonchev–Trinajstić information content (AvgIpc) is 2.89. The van der Waals surface area contributed by atoms with Crippen LogP contribution in [0.15, 0.2) is 142 Å².